The molecule has 1 saturated heterocycles. The van der Waals surface area contributed by atoms with Crippen molar-refractivity contribution in [2.45, 2.75) is 56.8 Å². The Hall–Kier alpha value is -1.67. The summed E-state index contributed by atoms with van der Waals surface area (Å²) in [5, 5.41) is 12.6. The summed E-state index contributed by atoms with van der Waals surface area (Å²) in [6.07, 6.45) is 0.0587. The minimum absolute atomic E-state index is 0.0983. The maximum atomic E-state index is 12.9. The molecule has 3 rings (SSSR count). The Morgan fingerprint density at radius 1 is 1.11 bits per heavy atom. The van der Waals surface area contributed by atoms with E-state index in [4.69, 9.17) is 15.6 Å². The lowest BCUT2D eigenvalue weighted by atomic mass is 9.91. The van der Waals surface area contributed by atoms with E-state index in [2.05, 4.69) is 5.32 Å². The van der Waals surface area contributed by atoms with Gasteiger partial charge >= 0.3 is 6.18 Å². The molecule has 1 aromatic carbocycles. The monoisotopic (exact) mass is 401 g/mol. The number of nitrogens with zero attached hydrogens (tertiary/aromatic N) is 1. The first kappa shape index (κ1) is 21.0. The largest absolute Gasteiger partial charge is 0.489 e. The molecule has 0 unspecified atom stereocenters. The quantitative estimate of drug-likeness (QED) is 0.680. The maximum Gasteiger partial charge on any atom is 0.391 e. The number of piperidine rings is 1. The zero-order chi connectivity index (χ0) is 20.1. The van der Waals surface area contributed by atoms with Gasteiger partial charge in [0.05, 0.1) is 18.2 Å². The third kappa shape index (κ3) is 5.44. The van der Waals surface area contributed by atoms with Crippen molar-refractivity contribution >= 4 is 11.4 Å². The highest BCUT2D eigenvalue weighted by Gasteiger charge is 2.41. The van der Waals surface area contributed by atoms with E-state index in [9.17, 15) is 13.2 Å². The second-order valence-electron chi connectivity index (χ2n) is 7.81. The van der Waals surface area contributed by atoms with E-state index in [1.807, 2.05) is 23.1 Å². The third-order valence-electron chi connectivity index (χ3n) is 5.77. The lowest BCUT2D eigenvalue weighted by Gasteiger charge is -2.35. The van der Waals surface area contributed by atoms with E-state index in [1.165, 1.54) is 0 Å². The van der Waals surface area contributed by atoms with Gasteiger partial charge in [0.15, 0.2) is 0 Å². The first-order chi connectivity index (χ1) is 13.4. The fourth-order valence-electron chi connectivity index (χ4n) is 4.05. The molecule has 0 aromatic heterocycles. The second kappa shape index (κ2) is 9.22. The first-order valence-electron chi connectivity index (χ1n) is 10.1. The lowest BCUT2D eigenvalue weighted by Crippen LogP contribution is -2.39. The topological polar surface area (TPSA) is 70.8 Å². The number of nitrogens with two attached hydrogens (primary N) is 1. The van der Waals surface area contributed by atoms with E-state index < -0.39 is 12.1 Å². The summed E-state index contributed by atoms with van der Waals surface area (Å²) in [4.78, 5) is 1.97. The van der Waals surface area contributed by atoms with Gasteiger partial charge in [0.25, 0.3) is 0 Å². The number of benzene rings is 1. The Balaban J connectivity index is 1.68. The van der Waals surface area contributed by atoms with E-state index in [0.717, 1.165) is 37.1 Å². The van der Waals surface area contributed by atoms with E-state index in [-0.39, 0.29) is 32.1 Å². The molecule has 0 spiro atoms. The van der Waals surface area contributed by atoms with Crippen LogP contribution in [-0.4, -0.2) is 49.7 Å². The molecule has 1 saturated carbocycles. The number of hydrogen-bond donors (Lipinski definition) is 3. The van der Waals surface area contributed by atoms with Gasteiger partial charge in [-0.25, -0.2) is 0 Å². The molecule has 4 N–H and O–H groups in total. The van der Waals surface area contributed by atoms with Gasteiger partial charge in [-0.2, -0.15) is 13.2 Å². The van der Waals surface area contributed by atoms with Crippen molar-refractivity contribution in [1.82, 2.24) is 0 Å². The minimum atomic E-state index is -4.11. The zero-order valence-electron chi connectivity index (χ0n) is 16.0. The molecule has 0 bridgehead atoms. The third-order valence-corrected chi connectivity index (χ3v) is 5.77. The van der Waals surface area contributed by atoms with Crippen LogP contribution in [0.5, 0.6) is 5.75 Å². The smallest absolute Gasteiger partial charge is 0.391 e. The molecule has 28 heavy (non-hydrogen) atoms. The van der Waals surface area contributed by atoms with Crippen molar-refractivity contribution in [3.63, 3.8) is 0 Å². The predicted octanol–water partition coefficient (Wildman–Crippen LogP) is 3.52. The Labute approximate surface area is 164 Å². The number of nitrogens with one attached hydrogen (secondary N) is 1. The van der Waals surface area contributed by atoms with Crippen LogP contribution in [0.1, 0.15) is 38.5 Å². The molecule has 8 heteroatoms. The molecule has 2 fully saturated rings. The molecular weight excluding hydrogens is 371 g/mol. The molecule has 1 aliphatic carbocycles. The number of anilines is 2. The highest BCUT2D eigenvalue weighted by molar-refractivity contribution is 5.65. The van der Waals surface area contributed by atoms with Crippen LogP contribution in [0.2, 0.25) is 0 Å². The van der Waals surface area contributed by atoms with Gasteiger partial charge in [0.1, 0.15) is 12.4 Å². The Morgan fingerprint density at radius 2 is 1.79 bits per heavy atom. The number of ether oxygens (including phenoxy) is 1. The highest BCUT2D eigenvalue weighted by Crippen LogP contribution is 2.37. The van der Waals surface area contributed by atoms with Gasteiger partial charge in [-0.1, -0.05) is 0 Å². The lowest BCUT2D eigenvalue weighted by molar-refractivity contribution is -0.179. The van der Waals surface area contributed by atoms with Crippen LogP contribution in [0, 0.1) is 5.92 Å². The Bertz CT molecular complexity index is 626. The molecule has 0 amide bonds. The number of aliphatic hydroxyl groups is 1. The number of alkyl halides is 3. The van der Waals surface area contributed by atoms with Crippen LogP contribution in [0.15, 0.2) is 18.2 Å². The van der Waals surface area contributed by atoms with E-state index in [1.54, 1.807) is 0 Å². The van der Waals surface area contributed by atoms with E-state index >= 15 is 0 Å². The van der Waals surface area contributed by atoms with Gasteiger partial charge in [-0.3, -0.25) is 0 Å². The summed E-state index contributed by atoms with van der Waals surface area (Å²) in [5.41, 5.74) is 7.67. The van der Waals surface area contributed by atoms with Gasteiger partial charge < -0.3 is 25.8 Å². The van der Waals surface area contributed by atoms with Crippen molar-refractivity contribution in [2.24, 2.45) is 11.7 Å². The van der Waals surface area contributed by atoms with Crippen molar-refractivity contribution in [3.8, 4) is 5.75 Å². The van der Waals surface area contributed by atoms with Crippen LogP contribution in [0.3, 0.4) is 0 Å². The molecule has 5 nitrogen and oxygen atoms in total. The zero-order valence-corrected chi connectivity index (χ0v) is 16.0. The van der Waals surface area contributed by atoms with Crippen LogP contribution < -0.4 is 20.7 Å². The van der Waals surface area contributed by atoms with Crippen molar-refractivity contribution < 1.29 is 23.0 Å². The number of rotatable bonds is 6. The molecular formula is C20H30F3N3O2. The summed E-state index contributed by atoms with van der Waals surface area (Å²) in [6.45, 7) is 0.816. The Morgan fingerprint density at radius 3 is 2.39 bits per heavy atom. The van der Waals surface area contributed by atoms with Crippen molar-refractivity contribution in [2.75, 3.05) is 36.5 Å². The highest BCUT2D eigenvalue weighted by atomic mass is 19.4. The van der Waals surface area contributed by atoms with Gasteiger partial charge in [0.2, 0.25) is 0 Å². The van der Waals surface area contributed by atoms with Crippen LogP contribution in [0.25, 0.3) is 0 Å². The molecule has 158 valence electrons. The van der Waals surface area contributed by atoms with Gasteiger partial charge in [-0.05, 0) is 50.7 Å². The predicted molar refractivity (Wildman–Crippen MR) is 104 cm³/mol. The summed E-state index contributed by atoms with van der Waals surface area (Å²) < 4.78 is 44.4. The fourth-order valence-corrected chi connectivity index (χ4v) is 4.05. The molecule has 0 radical (unpaired) electrons. The van der Waals surface area contributed by atoms with Crippen LogP contribution in [-0.2, 0) is 0 Å². The standard InChI is InChI=1S/C20H30F3N3O2/c21-20(22,23)14-7-9-26(10-8-14)17-5-6-18(19(13-17)28-12-11-27)25-16-3-1-15(24)2-4-16/h5-6,13-16,25,27H,1-4,7-12,24H2. The minimum Gasteiger partial charge on any atom is -0.489 e. The maximum absolute atomic E-state index is 12.9. The summed E-state index contributed by atoms with van der Waals surface area (Å²) in [5.74, 6) is -0.591. The van der Waals surface area contributed by atoms with Gasteiger partial charge in [-0.15, -0.1) is 0 Å². The summed E-state index contributed by atoms with van der Waals surface area (Å²) in [6, 6.07) is 6.30. The number of hydrogen-bond acceptors (Lipinski definition) is 5. The second-order valence-corrected chi connectivity index (χ2v) is 7.81. The molecule has 1 aromatic rings. The van der Waals surface area contributed by atoms with Crippen LogP contribution in [0.4, 0.5) is 24.5 Å². The van der Waals surface area contributed by atoms with Crippen molar-refractivity contribution in [3.05, 3.63) is 18.2 Å². The average Bonchev–Trinajstić information content (AvgIpc) is 2.68. The fraction of sp³-hybridized carbons (Fsp3) is 0.700. The molecule has 1 heterocycles. The van der Waals surface area contributed by atoms with Crippen molar-refractivity contribution in [1.29, 1.82) is 0 Å². The summed E-state index contributed by atoms with van der Waals surface area (Å²) >= 11 is 0. The molecule has 0 atom stereocenters. The van der Waals surface area contributed by atoms with E-state index in [0.29, 0.717) is 24.9 Å². The molecule has 1 aliphatic heterocycles. The number of halogens is 3. The Kier molecular flexibility index (Phi) is 6.93. The normalized spacial score (nSPS) is 24.2. The SMILES string of the molecule is NC1CCC(Nc2ccc(N3CCC(C(F)(F)F)CC3)cc2OCCO)CC1. The first-order valence-corrected chi connectivity index (χ1v) is 10.1. The molecule has 2 aliphatic rings. The number of aliphatic hydroxyl groups excluding tert-OH is 1. The average molecular weight is 401 g/mol. The summed E-state index contributed by atoms with van der Waals surface area (Å²) in [7, 11) is 0. The van der Waals surface area contributed by atoms with Crippen LogP contribution >= 0.6 is 0 Å². The van der Waals surface area contributed by atoms with Gasteiger partial charge in [0, 0.05) is 36.9 Å².